The average Bonchev–Trinajstić information content (AvgIpc) is 2.56. The predicted octanol–water partition coefficient (Wildman–Crippen LogP) is 3.78. The molecule has 0 unspecified atom stereocenters. The van der Waals surface area contributed by atoms with Gasteiger partial charge in [-0.15, -0.1) is 0 Å². The fraction of sp³-hybridized carbons (Fsp3) is 0.467. The lowest BCUT2D eigenvalue weighted by Gasteiger charge is -2.20. The summed E-state index contributed by atoms with van der Waals surface area (Å²) in [4.78, 5) is 3.62. The van der Waals surface area contributed by atoms with Crippen molar-refractivity contribution < 1.29 is 0 Å². The van der Waals surface area contributed by atoms with Gasteiger partial charge in [-0.3, -0.25) is 0 Å². The second-order valence-corrected chi connectivity index (χ2v) is 4.81. The smallest absolute Gasteiger partial charge is 0.0461 e. The maximum atomic E-state index is 3.62. The molecule has 1 N–H and O–H groups in total. The zero-order valence-electron chi connectivity index (χ0n) is 10.2. The van der Waals surface area contributed by atoms with Crippen molar-refractivity contribution in [1.82, 2.24) is 4.98 Å². The van der Waals surface area contributed by atoms with Crippen LogP contribution in [0.15, 0.2) is 12.1 Å². The third kappa shape index (κ3) is 1.24. The molecular weight excluding hydrogens is 194 g/mol. The van der Waals surface area contributed by atoms with Crippen LogP contribution in [0.25, 0.3) is 10.9 Å². The van der Waals surface area contributed by atoms with Crippen molar-refractivity contribution in [2.45, 2.75) is 46.0 Å². The highest BCUT2D eigenvalue weighted by Crippen LogP contribution is 2.35. The molecule has 0 fully saturated rings. The van der Waals surface area contributed by atoms with Crippen LogP contribution in [-0.2, 0) is 25.7 Å². The van der Waals surface area contributed by atoms with E-state index >= 15 is 0 Å². The fourth-order valence-corrected chi connectivity index (χ4v) is 2.98. The van der Waals surface area contributed by atoms with E-state index in [0.29, 0.717) is 0 Å². The number of aromatic nitrogens is 1. The molecule has 3 rings (SSSR count). The Labute approximate surface area is 96.9 Å². The predicted molar refractivity (Wildman–Crippen MR) is 69.1 cm³/mol. The molecule has 1 heteroatoms. The Hall–Kier alpha value is -1.24. The first kappa shape index (κ1) is 9.95. The molecule has 0 saturated heterocycles. The lowest BCUT2D eigenvalue weighted by molar-refractivity contribution is 0.849. The Morgan fingerprint density at radius 1 is 1.19 bits per heavy atom. The van der Waals surface area contributed by atoms with Gasteiger partial charge in [0, 0.05) is 16.6 Å². The monoisotopic (exact) mass is 213 g/mol. The number of fused-ring (bicyclic) bond motifs is 3. The van der Waals surface area contributed by atoms with E-state index < -0.39 is 0 Å². The molecule has 1 heterocycles. The van der Waals surface area contributed by atoms with Crippen LogP contribution < -0.4 is 0 Å². The third-order valence-electron chi connectivity index (χ3n) is 3.86. The van der Waals surface area contributed by atoms with Gasteiger partial charge in [0.15, 0.2) is 0 Å². The van der Waals surface area contributed by atoms with Crippen LogP contribution in [0.4, 0.5) is 0 Å². The molecule has 1 aliphatic rings. The van der Waals surface area contributed by atoms with Crippen molar-refractivity contribution in [2.75, 3.05) is 0 Å². The van der Waals surface area contributed by atoms with Gasteiger partial charge in [0.2, 0.25) is 0 Å². The van der Waals surface area contributed by atoms with Crippen LogP contribution >= 0.6 is 0 Å². The van der Waals surface area contributed by atoms with Gasteiger partial charge < -0.3 is 4.98 Å². The maximum absolute atomic E-state index is 3.62. The fourth-order valence-electron chi connectivity index (χ4n) is 2.98. The summed E-state index contributed by atoms with van der Waals surface area (Å²) in [6, 6.07) is 4.57. The molecule has 0 saturated carbocycles. The van der Waals surface area contributed by atoms with Crippen molar-refractivity contribution in [3.63, 3.8) is 0 Å². The lowest BCUT2D eigenvalue weighted by Crippen LogP contribution is -2.08. The molecule has 0 spiro atoms. The number of hydrogen-bond donors (Lipinski definition) is 1. The molecule has 0 amide bonds. The summed E-state index contributed by atoms with van der Waals surface area (Å²) in [6.07, 6.45) is 6.13. The largest absolute Gasteiger partial charge is 0.358 e. The van der Waals surface area contributed by atoms with Crippen LogP contribution in [0.3, 0.4) is 0 Å². The summed E-state index contributed by atoms with van der Waals surface area (Å²) in [5.74, 6) is 0. The summed E-state index contributed by atoms with van der Waals surface area (Å²) in [6.45, 7) is 4.53. The first-order valence-electron chi connectivity index (χ1n) is 6.49. The van der Waals surface area contributed by atoms with Gasteiger partial charge in [-0.1, -0.05) is 26.3 Å². The number of H-pyrrole nitrogens is 1. The Kier molecular flexibility index (Phi) is 2.27. The molecule has 1 aliphatic carbocycles. The third-order valence-corrected chi connectivity index (χ3v) is 3.86. The minimum atomic E-state index is 1.16. The molecule has 1 aromatic carbocycles. The first-order chi connectivity index (χ1) is 7.85. The minimum absolute atomic E-state index is 1.16. The number of benzene rings is 1. The number of aromatic amines is 1. The maximum Gasteiger partial charge on any atom is 0.0461 e. The van der Waals surface area contributed by atoms with Crippen LogP contribution in [0, 0.1) is 0 Å². The van der Waals surface area contributed by atoms with Gasteiger partial charge in [0.05, 0.1) is 0 Å². The van der Waals surface area contributed by atoms with Crippen LogP contribution in [-0.4, -0.2) is 4.98 Å². The summed E-state index contributed by atoms with van der Waals surface area (Å²) in [7, 11) is 0. The van der Waals surface area contributed by atoms with E-state index in [4.69, 9.17) is 0 Å². The van der Waals surface area contributed by atoms with E-state index in [1.54, 1.807) is 22.1 Å². The molecule has 0 bridgehead atoms. The molecule has 0 atom stereocenters. The zero-order chi connectivity index (χ0) is 11.1. The summed E-state index contributed by atoms with van der Waals surface area (Å²) in [5.41, 5.74) is 7.60. The van der Waals surface area contributed by atoms with Crippen molar-refractivity contribution in [3.05, 3.63) is 34.5 Å². The highest BCUT2D eigenvalue weighted by molar-refractivity contribution is 5.90. The van der Waals surface area contributed by atoms with Crippen LogP contribution in [0.1, 0.15) is 42.7 Å². The van der Waals surface area contributed by atoms with Crippen molar-refractivity contribution in [2.24, 2.45) is 0 Å². The zero-order valence-corrected chi connectivity index (χ0v) is 10.2. The Morgan fingerprint density at radius 2 is 2.06 bits per heavy atom. The minimum Gasteiger partial charge on any atom is -0.358 e. The van der Waals surface area contributed by atoms with Gasteiger partial charge >= 0.3 is 0 Å². The quantitative estimate of drug-likeness (QED) is 0.798. The first-order valence-corrected chi connectivity index (χ1v) is 6.49. The molecule has 0 aliphatic heterocycles. The summed E-state index contributed by atoms with van der Waals surface area (Å²) < 4.78 is 0. The van der Waals surface area contributed by atoms with Crippen molar-refractivity contribution in [3.8, 4) is 0 Å². The number of rotatable bonds is 3. The Bertz CT molecular complexity index is 534. The molecular formula is C15H19N. The van der Waals surface area contributed by atoms with Crippen LogP contribution in [0.5, 0.6) is 0 Å². The molecule has 2 aromatic rings. The standard InChI is InChI=1S/C15H19N/c1-3-5-13-11(4-2)15-12-8-6-10(12)7-9-14(15)16-13/h7,9,16H,3-6,8H2,1-2H3. The lowest BCUT2D eigenvalue weighted by atomic mass is 9.84. The van der Waals surface area contributed by atoms with Gasteiger partial charge in [0.1, 0.15) is 0 Å². The second-order valence-electron chi connectivity index (χ2n) is 4.81. The highest BCUT2D eigenvalue weighted by atomic mass is 14.7. The number of hydrogen-bond acceptors (Lipinski definition) is 0. The highest BCUT2D eigenvalue weighted by Gasteiger charge is 2.20. The second kappa shape index (κ2) is 3.65. The van der Waals surface area contributed by atoms with E-state index in [1.165, 1.54) is 36.9 Å². The van der Waals surface area contributed by atoms with E-state index in [2.05, 4.69) is 31.0 Å². The van der Waals surface area contributed by atoms with Gasteiger partial charge in [-0.25, -0.2) is 0 Å². The van der Waals surface area contributed by atoms with Gasteiger partial charge in [-0.2, -0.15) is 0 Å². The van der Waals surface area contributed by atoms with E-state index in [0.717, 1.165) is 6.42 Å². The summed E-state index contributed by atoms with van der Waals surface area (Å²) in [5, 5.41) is 1.55. The Morgan fingerprint density at radius 3 is 2.69 bits per heavy atom. The van der Waals surface area contributed by atoms with E-state index in [9.17, 15) is 0 Å². The summed E-state index contributed by atoms with van der Waals surface area (Å²) >= 11 is 0. The Balaban J connectivity index is 2.27. The number of nitrogens with one attached hydrogen (secondary N) is 1. The van der Waals surface area contributed by atoms with Gasteiger partial charge in [0.25, 0.3) is 0 Å². The van der Waals surface area contributed by atoms with Gasteiger partial charge in [-0.05, 0) is 48.4 Å². The molecule has 16 heavy (non-hydrogen) atoms. The topological polar surface area (TPSA) is 15.8 Å². The van der Waals surface area contributed by atoms with E-state index in [1.807, 2.05) is 0 Å². The molecule has 1 nitrogen and oxygen atoms in total. The van der Waals surface area contributed by atoms with Crippen LogP contribution in [0.2, 0.25) is 0 Å². The van der Waals surface area contributed by atoms with Crippen molar-refractivity contribution >= 4 is 10.9 Å². The van der Waals surface area contributed by atoms with E-state index in [-0.39, 0.29) is 0 Å². The average molecular weight is 213 g/mol. The number of aryl methyl sites for hydroxylation is 4. The normalized spacial score (nSPS) is 13.9. The molecule has 1 aromatic heterocycles. The van der Waals surface area contributed by atoms with Crippen molar-refractivity contribution in [1.29, 1.82) is 0 Å². The molecule has 0 radical (unpaired) electrons. The molecule has 84 valence electrons. The SMILES string of the molecule is CCCc1[nH]c2ccc3c(c2c1CC)CC3.